The third kappa shape index (κ3) is 4.37. The fourth-order valence-corrected chi connectivity index (χ4v) is 3.69. The largest absolute Gasteiger partial charge is 0.416 e. The number of alkyl halides is 3. The van der Waals surface area contributed by atoms with E-state index in [1.54, 1.807) is 0 Å². The van der Waals surface area contributed by atoms with Gasteiger partial charge in [-0.25, -0.2) is 0 Å². The highest BCUT2D eigenvalue weighted by Gasteiger charge is 2.31. The van der Waals surface area contributed by atoms with Crippen LogP contribution in [0.5, 0.6) is 0 Å². The topological polar surface area (TPSA) is 48.0 Å². The van der Waals surface area contributed by atoms with Crippen molar-refractivity contribution < 1.29 is 18.0 Å². The average molecular weight is 380 g/mol. The van der Waals surface area contributed by atoms with Crippen molar-refractivity contribution in [3.05, 3.63) is 46.8 Å². The van der Waals surface area contributed by atoms with Crippen LogP contribution in [0, 0.1) is 6.92 Å². The second-order valence-electron chi connectivity index (χ2n) is 7.14. The Labute approximate surface area is 158 Å². The minimum Gasteiger partial charge on any atom is -0.366 e. The van der Waals surface area contributed by atoms with Crippen molar-refractivity contribution in [2.24, 2.45) is 5.73 Å². The van der Waals surface area contributed by atoms with Crippen LogP contribution in [0.1, 0.15) is 73.4 Å². The number of primary amides is 1. The number of carbonyl (C=O) groups is 1. The summed E-state index contributed by atoms with van der Waals surface area (Å²) in [6.45, 7) is 8.00. The van der Waals surface area contributed by atoms with Crippen molar-refractivity contribution in [1.82, 2.24) is 4.57 Å². The van der Waals surface area contributed by atoms with Gasteiger partial charge in [-0.05, 0) is 51.3 Å². The van der Waals surface area contributed by atoms with Crippen molar-refractivity contribution in [2.45, 2.75) is 65.6 Å². The van der Waals surface area contributed by atoms with E-state index in [1.807, 2.05) is 20.8 Å². The van der Waals surface area contributed by atoms with E-state index in [2.05, 4.69) is 11.5 Å². The highest BCUT2D eigenvalue weighted by Crippen LogP contribution is 2.37. The second kappa shape index (κ2) is 8.19. The maximum absolute atomic E-state index is 12.9. The quantitative estimate of drug-likeness (QED) is 0.598. The lowest BCUT2D eigenvalue weighted by atomic mass is 9.96. The van der Waals surface area contributed by atoms with Crippen LogP contribution in [-0.4, -0.2) is 10.5 Å². The number of rotatable bonds is 7. The zero-order chi connectivity index (χ0) is 20.4. The molecule has 1 heterocycles. The van der Waals surface area contributed by atoms with Crippen LogP contribution in [0.25, 0.3) is 11.1 Å². The number of amides is 1. The number of aromatic nitrogens is 1. The molecular formula is C21H27F3N2O. The van der Waals surface area contributed by atoms with Gasteiger partial charge in [-0.2, -0.15) is 13.2 Å². The first kappa shape index (κ1) is 21.1. The van der Waals surface area contributed by atoms with Crippen molar-refractivity contribution in [1.29, 1.82) is 0 Å². The molecule has 148 valence electrons. The van der Waals surface area contributed by atoms with Crippen molar-refractivity contribution >= 4 is 5.91 Å². The van der Waals surface area contributed by atoms with Gasteiger partial charge in [0.2, 0.25) is 0 Å². The van der Waals surface area contributed by atoms with Gasteiger partial charge in [-0.3, -0.25) is 4.79 Å². The molecule has 0 aliphatic heterocycles. The molecule has 0 spiro atoms. The van der Waals surface area contributed by atoms with E-state index < -0.39 is 17.6 Å². The number of hydrogen-bond acceptors (Lipinski definition) is 1. The molecule has 0 radical (unpaired) electrons. The van der Waals surface area contributed by atoms with Gasteiger partial charge < -0.3 is 10.3 Å². The Morgan fingerprint density at radius 3 is 2.19 bits per heavy atom. The van der Waals surface area contributed by atoms with Crippen LogP contribution in [0.3, 0.4) is 0 Å². The van der Waals surface area contributed by atoms with Crippen molar-refractivity contribution in [3.8, 4) is 11.1 Å². The van der Waals surface area contributed by atoms with E-state index >= 15 is 0 Å². The van der Waals surface area contributed by atoms with Crippen LogP contribution in [-0.2, 0) is 12.6 Å². The summed E-state index contributed by atoms with van der Waals surface area (Å²) in [5.41, 5.74) is 8.33. The van der Waals surface area contributed by atoms with Gasteiger partial charge in [0.15, 0.2) is 0 Å². The van der Waals surface area contributed by atoms with Gasteiger partial charge in [-0.1, -0.05) is 31.9 Å². The normalized spacial score (nSPS) is 12.0. The fourth-order valence-electron chi connectivity index (χ4n) is 3.69. The molecule has 0 unspecified atom stereocenters. The first-order chi connectivity index (χ1) is 12.6. The number of unbranched alkanes of at least 4 members (excludes halogenated alkanes) is 2. The van der Waals surface area contributed by atoms with Crippen molar-refractivity contribution in [3.63, 3.8) is 0 Å². The molecule has 0 atom stereocenters. The van der Waals surface area contributed by atoms with Crippen LogP contribution in [0.4, 0.5) is 13.2 Å². The molecule has 3 nitrogen and oxygen atoms in total. The molecule has 1 aromatic heterocycles. The molecule has 6 heteroatoms. The molecule has 0 fully saturated rings. The van der Waals surface area contributed by atoms with E-state index in [4.69, 9.17) is 5.73 Å². The smallest absolute Gasteiger partial charge is 0.366 e. The minimum atomic E-state index is -4.39. The SMILES string of the molecule is CCCCCc1c(-c2ccc(C(F)(F)F)cc2)c(C(N)=O)c(C)n1C(C)C. The van der Waals surface area contributed by atoms with Gasteiger partial charge in [0.25, 0.3) is 5.91 Å². The van der Waals surface area contributed by atoms with E-state index in [-0.39, 0.29) is 6.04 Å². The average Bonchev–Trinajstić information content (AvgIpc) is 2.87. The third-order valence-electron chi connectivity index (χ3n) is 4.83. The first-order valence-corrected chi connectivity index (χ1v) is 9.30. The van der Waals surface area contributed by atoms with Crippen LogP contribution in [0.2, 0.25) is 0 Å². The summed E-state index contributed by atoms with van der Waals surface area (Å²) in [6.07, 6.45) is -0.607. The molecule has 1 amide bonds. The Hall–Kier alpha value is -2.24. The Balaban J connectivity index is 2.68. The molecule has 2 aromatic rings. The Kier molecular flexibility index (Phi) is 6.39. The fraction of sp³-hybridized carbons (Fsp3) is 0.476. The minimum absolute atomic E-state index is 0.114. The van der Waals surface area contributed by atoms with Crippen LogP contribution < -0.4 is 5.73 Å². The summed E-state index contributed by atoms with van der Waals surface area (Å²) in [7, 11) is 0. The first-order valence-electron chi connectivity index (χ1n) is 9.30. The van der Waals surface area contributed by atoms with E-state index in [0.29, 0.717) is 16.7 Å². The van der Waals surface area contributed by atoms with E-state index in [9.17, 15) is 18.0 Å². The highest BCUT2D eigenvalue weighted by atomic mass is 19.4. The molecular weight excluding hydrogens is 353 g/mol. The number of nitrogens with zero attached hydrogens (tertiary/aromatic N) is 1. The Bertz CT molecular complexity index is 802. The number of halogens is 3. The van der Waals surface area contributed by atoms with Gasteiger partial charge in [0, 0.05) is 23.0 Å². The zero-order valence-electron chi connectivity index (χ0n) is 16.3. The zero-order valence-corrected chi connectivity index (χ0v) is 16.3. The second-order valence-corrected chi connectivity index (χ2v) is 7.14. The summed E-state index contributed by atoms with van der Waals surface area (Å²) < 4.78 is 40.8. The van der Waals surface area contributed by atoms with E-state index in [1.165, 1.54) is 12.1 Å². The van der Waals surface area contributed by atoms with Gasteiger partial charge >= 0.3 is 6.18 Å². The molecule has 0 aliphatic carbocycles. The molecule has 0 saturated carbocycles. The van der Waals surface area contributed by atoms with Gasteiger partial charge in [0.1, 0.15) is 0 Å². The third-order valence-corrected chi connectivity index (χ3v) is 4.83. The molecule has 2 N–H and O–H groups in total. The lowest BCUT2D eigenvalue weighted by Crippen LogP contribution is -2.14. The number of nitrogens with two attached hydrogens (primary N) is 1. The Morgan fingerprint density at radius 1 is 1.15 bits per heavy atom. The predicted molar refractivity (Wildman–Crippen MR) is 102 cm³/mol. The number of hydrogen-bond donors (Lipinski definition) is 1. The molecule has 0 bridgehead atoms. The monoisotopic (exact) mass is 380 g/mol. The maximum atomic E-state index is 12.9. The molecule has 0 aliphatic rings. The summed E-state index contributed by atoms with van der Waals surface area (Å²) >= 11 is 0. The van der Waals surface area contributed by atoms with Crippen LogP contribution >= 0.6 is 0 Å². The predicted octanol–water partition coefficient (Wildman–Crippen LogP) is 5.89. The lowest BCUT2D eigenvalue weighted by Gasteiger charge is -2.17. The Morgan fingerprint density at radius 2 is 1.74 bits per heavy atom. The number of benzene rings is 1. The molecule has 2 rings (SSSR count). The highest BCUT2D eigenvalue weighted by molar-refractivity contribution is 6.02. The summed E-state index contributed by atoms with van der Waals surface area (Å²) in [4.78, 5) is 12.2. The lowest BCUT2D eigenvalue weighted by molar-refractivity contribution is -0.137. The molecule has 1 aromatic carbocycles. The number of carbonyl (C=O) groups excluding carboxylic acids is 1. The standard InChI is InChI=1S/C21H27F3N2O/c1-5-6-7-8-17-19(15-9-11-16(12-10-15)21(22,23)24)18(20(25)27)14(4)26(17)13(2)3/h9-13H,5-8H2,1-4H3,(H2,25,27). The summed E-state index contributed by atoms with van der Waals surface area (Å²) in [5, 5.41) is 0. The van der Waals surface area contributed by atoms with Crippen LogP contribution in [0.15, 0.2) is 24.3 Å². The maximum Gasteiger partial charge on any atom is 0.416 e. The van der Waals surface area contributed by atoms with Crippen molar-refractivity contribution in [2.75, 3.05) is 0 Å². The van der Waals surface area contributed by atoms with Gasteiger partial charge in [0.05, 0.1) is 11.1 Å². The molecule has 0 saturated heterocycles. The van der Waals surface area contributed by atoms with E-state index in [0.717, 1.165) is 49.2 Å². The van der Waals surface area contributed by atoms with Gasteiger partial charge in [-0.15, -0.1) is 0 Å². The summed E-state index contributed by atoms with van der Waals surface area (Å²) in [6, 6.07) is 5.08. The molecule has 27 heavy (non-hydrogen) atoms. The summed E-state index contributed by atoms with van der Waals surface area (Å²) in [5.74, 6) is -0.557.